The molecule has 0 amide bonds. The number of hydrogen-bond donors (Lipinski definition) is 1. The molecule has 1 N–H and O–H groups in total. The van der Waals surface area contributed by atoms with E-state index in [1.807, 2.05) is 19.1 Å². The number of carboxylic acids is 1. The van der Waals surface area contributed by atoms with Crippen molar-refractivity contribution >= 4 is 33.7 Å². The van der Waals surface area contributed by atoms with E-state index < -0.39 is 5.97 Å². The van der Waals surface area contributed by atoms with Crippen LogP contribution in [0.1, 0.15) is 15.9 Å². The second-order valence-corrected chi connectivity index (χ2v) is 5.65. The standard InChI is InChI=1S/C13H10BrNO2S/c1-8-5-12(15-7-11(8)14)18-10-4-2-3-9(6-10)13(16)17/h2-7H,1H3,(H,16,17). The van der Waals surface area contributed by atoms with Gasteiger partial charge in [-0.15, -0.1) is 0 Å². The fourth-order valence-corrected chi connectivity index (χ4v) is 2.51. The Bertz CT molecular complexity index is 601. The van der Waals surface area contributed by atoms with E-state index >= 15 is 0 Å². The molecule has 0 saturated heterocycles. The van der Waals surface area contributed by atoms with Gasteiger partial charge in [-0.2, -0.15) is 0 Å². The third kappa shape index (κ3) is 3.11. The Balaban J connectivity index is 2.25. The monoisotopic (exact) mass is 323 g/mol. The Labute approximate surface area is 117 Å². The molecular weight excluding hydrogens is 314 g/mol. The maximum absolute atomic E-state index is 10.9. The molecule has 0 saturated carbocycles. The molecule has 0 radical (unpaired) electrons. The predicted octanol–water partition coefficient (Wildman–Crippen LogP) is 4.00. The highest BCUT2D eigenvalue weighted by molar-refractivity contribution is 9.10. The number of halogens is 1. The van der Waals surface area contributed by atoms with E-state index in [0.717, 1.165) is 20.0 Å². The molecule has 0 bridgehead atoms. The lowest BCUT2D eigenvalue weighted by Gasteiger charge is -2.04. The number of aromatic nitrogens is 1. The zero-order valence-corrected chi connectivity index (χ0v) is 12.0. The lowest BCUT2D eigenvalue weighted by Crippen LogP contribution is -1.95. The normalized spacial score (nSPS) is 10.3. The van der Waals surface area contributed by atoms with Crippen molar-refractivity contribution < 1.29 is 9.90 Å². The zero-order valence-electron chi connectivity index (χ0n) is 9.55. The van der Waals surface area contributed by atoms with Crippen molar-refractivity contribution in [2.75, 3.05) is 0 Å². The van der Waals surface area contributed by atoms with Crippen LogP contribution < -0.4 is 0 Å². The lowest BCUT2D eigenvalue weighted by molar-refractivity contribution is 0.0696. The fourth-order valence-electron chi connectivity index (χ4n) is 1.38. The average Bonchev–Trinajstić information content (AvgIpc) is 2.34. The average molecular weight is 324 g/mol. The number of hydrogen-bond acceptors (Lipinski definition) is 3. The second-order valence-electron chi connectivity index (χ2n) is 3.71. The number of rotatable bonds is 3. The van der Waals surface area contributed by atoms with Gasteiger partial charge in [0, 0.05) is 15.6 Å². The highest BCUT2D eigenvalue weighted by Crippen LogP contribution is 2.28. The van der Waals surface area contributed by atoms with Crippen LogP contribution in [-0.2, 0) is 0 Å². The van der Waals surface area contributed by atoms with E-state index in [9.17, 15) is 4.79 Å². The molecule has 18 heavy (non-hydrogen) atoms. The van der Waals surface area contributed by atoms with E-state index in [2.05, 4.69) is 20.9 Å². The molecule has 92 valence electrons. The van der Waals surface area contributed by atoms with Crippen molar-refractivity contribution in [1.82, 2.24) is 4.98 Å². The van der Waals surface area contributed by atoms with E-state index in [-0.39, 0.29) is 5.56 Å². The Morgan fingerprint density at radius 2 is 2.17 bits per heavy atom. The number of nitrogens with zero attached hydrogens (tertiary/aromatic N) is 1. The molecule has 0 aliphatic rings. The molecule has 0 aliphatic heterocycles. The second kappa shape index (κ2) is 5.54. The minimum atomic E-state index is -0.919. The molecule has 1 heterocycles. The molecule has 0 aliphatic carbocycles. The number of benzene rings is 1. The third-order valence-electron chi connectivity index (χ3n) is 2.33. The zero-order chi connectivity index (χ0) is 13.1. The minimum Gasteiger partial charge on any atom is -0.478 e. The van der Waals surface area contributed by atoms with E-state index in [1.54, 1.807) is 24.4 Å². The van der Waals surface area contributed by atoms with Crippen LogP contribution in [0.2, 0.25) is 0 Å². The van der Waals surface area contributed by atoms with Crippen molar-refractivity contribution in [2.24, 2.45) is 0 Å². The first kappa shape index (κ1) is 13.1. The van der Waals surface area contributed by atoms with Crippen molar-refractivity contribution in [3.63, 3.8) is 0 Å². The smallest absolute Gasteiger partial charge is 0.335 e. The summed E-state index contributed by atoms with van der Waals surface area (Å²) in [6, 6.07) is 8.79. The first-order valence-corrected chi connectivity index (χ1v) is 6.80. The third-order valence-corrected chi connectivity index (χ3v) is 4.08. The molecular formula is C13H10BrNO2S. The number of pyridine rings is 1. The van der Waals surface area contributed by atoms with Gasteiger partial charge in [0.2, 0.25) is 0 Å². The Hall–Kier alpha value is -1.33. The Morgan fingerprint density at radius 3 is 2.83 bits per heavy atom. The van der Waals surface area contributed by atoms with Crippen molar-refractivity contribution in [3.05, 3.63) is 52.1 Å². The molecule has 0 atom stereocenters. The minimum absolute atomic E-state index is 0.286. The summed E-state index contributed by atoms with van der Waals surface area (Å²) in [5.41, 5.74) is 1.38. The molecule has 5 heteroatoms. The van der Waals surface area contributed by atoms with E-state index in [0.29, 0.717) is 0 Å². The van der Waals surface area contributed by atoms with Crippen molar-refractivity contribution in [1.29, 1.82) is 0 Å². The molecule has 0 spiro atoms. The SMILES string of the molecule is Cc1cc(Sc2cccc(C(=O)O)c2)ncc1Br. The van der Waals surface area contributed by atoms with Gasteiger partial charge in [0.15, 0.2) is 0 Å². The molecule has 2 aromatic rings. The van der Waals surface area contributed by atoms with Gasteiger partial charge in [-0.05, 0) is 52.7 Å². The summed E-state index contributed by atoms with van der Waals surface area (Å²) in [6.07, 6.45) is 1.75. The van der Waals surface area contributed by atoms with Crippen LogP contribution in [0.3, 0.4) is 0 Å². The molecule has 1 aromatic carbocycles. The van der Waals surface area contributed by atoms with Gasteiger partial charge in [0.25, 0.3) is 0 Å². The van der Waals surface area contributed by atoms with Crippen LogP contribution in [0.25, 0.3) is 0 Å². The van der Waals surface area contributed by atoms with E-state index in [4.69, 9.17) is 5.11 Å². The Kier molecular flexibility index (Phi) is 4.04. The van der Waals surface area contributed by atoms with Crippen LogP contribution in [0.5, 0.6) is 0 Å². The largest absolute Gasteiger partial charge is 0.478 e. The summed E-state index contributed by atoms with van der Waals surface area (Å²) < 4.78 is 0.964. The van der Waals surface area contributed by atoms with Gasteiger partial charge in [-0.3, -0.25) is 0 Å². The highest BCUT2D eigenvalue weighted by Gasteiger charge is 2.06. The van der Waals surface area contributed by atoms with Crippen molar-refractivity contribution in [3.8, 4) is 0 Å². The molecule has 1 aromatic heterocycles. The summed E-state index contributed by atoms with van der Waals surface area (Å²) in [5, 5.41) is 9.77. The maximum atomic E-state index is 10.9. The quantitative estimate of drug-likeness (QED) is 0.927. The van der Waals surface area contributed by atoms with Gasteiger partial charge >= 0.3 is 5.97 Å². The summed E-state index contributed by atoms with van der Waals surface area (Å²) >= 11 is 4.84. The Morgan fingerprint density at radius 1 is 1.39 bits per heavy atom. The lowest BCUT2D eigenvalue weighted by atomic mass is 10.2. The summed E-state index contributed by atoms with van der Waals surface area (Å²) in [5.74, 6) is -0.919. The number of aromatic carboxylic acids is 1. The van der Waals surface area contributed by atoms with Crippen LogP contribution in [0.4, 0.5) is 0 Å². The maximum Gasteiger partial charge on any atom is 0.335 e. The van der Waals surface area contributed by atoms with Crippen LogP contribution >= 0.6 is 27.7 Å². The van der Waals surface area contributed by atoms with Crippen LogP contribution in [0, 0.1) is 6.92 Å². The van der Waals surface area contributed by atoms with Crippen LogP contribution in [-0.4, -0.2) is 16.1 Å². The molecule has 3 nitrogen and oxygen atoms in total. The fraction of sp³-hybridized carbons (Fsp3) is 0.0769. The summed E-state index contributed by atoms with van der Waals surface area (Å²) in [4.78, 5) is 16.0. The molecule has 0 fully saturated rings. The predicted molar refractivity (Wildman–Crippen MR) is 74.2 cm³/mol. The van der Waals surface area contributed by atoms with Gasteiger partial charge in [0.05, 0.1) is 5.56 Å². The number of carboxylic acid groups (broad SMARTS) is 1. The van der Waals surface area contributed by atoms with Crippen molar-refractivity contribution in [2.45, 2.75) is 16.8 Å². The van der Waals surface area contributed by atoms with Gasteiger partial charge < -0.3 is 5.11 Å². The first-order chi connectivity index (χ1) is 8.56. The summed E-state index contributed by atoms with van der Waals surface area (Å²) in [7, 11) is 0. The van der Waals surface area contributed by atoms with E-state index in [1.165, 1.54) is 11.8 Å². The van der Waals surface area contributed by atoms with Gasteiger partial charge in [-0.25, -0.2) is 9.78 Å². The number of aryl methyl sites for hydroxylation is 1. The molecule has 2 rings (SSSR count). The van der Waals surface area contributed by atoms with Gasteiger partial charge in [-0.1, -0.05) is 17.8 Å². The number of carbonyl (C=O) groups is 1. The topological polar surface area (TPSA) is 50.2 Å². The van der Waals surface area contributed by atoms with Crippen LogP contribution in [0.15, 0.2) is 50.9 Å². The summed E-state index contributed by atoms with van der Waals surface area (Å²) in [6.45, 7) is 1.99. The highest BCUT2D eigenvalue weighted by atomic mass is 79.9. The first-order valence-electron chi connectivity index (χ1n) is 5.19. The van der Waals surface area contributed by atoms with Gasteiger partial charge in [0.1, 0.15) is 5.03 Å². The molecule has 0 unspecified atom stereocenters.